The normalized spacial score (nSPS) is 22.2. The van der Waals surface area contributed by atoms with Crippen molar-refractivity contribution in [2.45, 2.75) is 71.3 Å². The lowest BCUT2D eigenvalue weighted by atomic mass is 9.83. The van der Waals surface area contributed by atoms with Crippen LogP contribution in [-0.4, -0.2) is 43.7 Å². The number of halogens is 3. The highest BCUT2D eigenvalue weighted by Crippen LogP contribution is 2.41. The Balaban J connectivity index is 0.000000276. The standard InChI is InChI=1S/C17H15Cl2FN2O.C8H15NO2.C5H12/c18-10-4-5-11(16(6-10)22-9-23)13-7-21-8-14(13)12-2-1-3-15(19)17(12)20;10-6-9-4-3-7-1-2-8(11)5-7;1-5(2,3)4/h1-6,9,13-14,21H,7-8H2,(H,22,23);6-8,11H,1-5H2,(H,9,10);1-4H3. The summed E-state index contributed by atoms with van der Waals surface area (Å²) in [5.74, 6) is 0.189. The number of amides is 2. The van der Waals surface area contributed by atoms with Crippen molar-refractivity contribution in [2.75, 3.05) is 25.0 Å². The molecule has 0 bridgehead atoms. The first-order valence-electron chi connectivity index (χ1n) is 13.4. The first-order valence-corrected chi connectivity index (χ1v) is 14.2. The van der Waals surface area contributed by atoms with Crippen LogP contribution >= 0.6 is 23.2 Å². The molecule has 1 heterocycles. The van der Waals surface area contributed by atoms with Crippen LogP contribution in [0.15, 0.2) is 36.4 Å². The molecule has 6 nitrogen and oxygen atoms in total. The van der Waals surface area contributed by atoms with E-state index < -0.39 is 0 Å². The van der Waals surface area contributed by atoms with Gasteiger partial charge in [0.15, 0.2) is 0 Å². The van der Waals surface area contributed by atoms with Crippen molar-refractivity contribution in [2.24, 2.45) is 11.3 Å². The van der Waals surface area contributed by atoms with Crippen LogP contribution in [0.2, 0.25) is 10.0 Å². The van der Waals surface area contributed by atoms with E-state index in [1.807, 2.05) is 6.07 Å². The fourth-order valence-electron chi connectivity index (χ4n) is 4.84. The predicted molar refractivity (Wildman–Crippen MR) is 158 cm³/mol. The maximum Gasteiger partial charge on any atom is 0.211 e. The second kappa shape index (κ2) is 16.2. The van der Waals surface area contributed by atoms with Gasteiger partial charge in [0.2, 0.25) is 12.8 Å². The summed E-state index contributed by atoms with van der Waals surface area (Å²) in [5, 5.41) is 18.4. The van der Waals surface area contributed by atoms with E-state index in [2.05, 4.69) is 43.6 Å². The van der Waals surface area contributed by atoms with Crippen LogP contribution in [0, 0.1) is 17.2 Å². The zero-order chi connectivity index (χ0) is 29.0. The van der Waals surface area contributed by atoms with E-state index in [9.17, 15) is 14.0 Å². The van der Waals surface area contributed by atoms with Gasteiger partial charge in [-0.3, -0.25) is 9.59 Å². The van der Waals surface area contributed by atoms with Crippen molar-refractivity contribution < 1.29 is 19.1 Å². The molecule has 2 aromatic rings. The molecule has 0 spiro atoms. The van der Waals surface area contributed by atoms with Crippen LogP contribution in [0.25, 0.3) is 0 Å². The fourth-order valence-corrected chi connectivity index (χ4v) is 5.19. The van der Waals surface area contributed by atoms with E-state index >= 15 is 0 Å². The van der Waals surface area contributed by atoms with E-state index in [1.54, 1.807) is 30.3 Å². The number of carbonyl (C=O) groups is 2. The van der Waals surface area contributed by atoms with Gasteiger partial charge in [-0.05, 0) is 66.3 Å². The summed E-state index contributed by atoms with van der Waals surface area (Å²) < 4.78 is 14.4. The van der Waals surface area contributed by atoms with Gasteiger partial charge in [-0.2, -0.15) is 0 Å². The monoisotopic (exact) mass is 581 g/mol. The lowest BCUT2D eigenvalue weighted by Gasteiger charge is -2.22. The van der Waals surface area contributed by atoms with E-state index in [4.69, 9.17) is 28.3 Å². The molecule has 1 aliphatic heterocycles. The summed E-state index contributed by atoms with van der Waals surface area (Å²) >= 11 is 11.9. The number of hydrogen-bond acceptors (Lipinski definition) is 4. The first-order chi connectivity index (χ1) is 18.4. The molecule has 0 radical (unpaired) electrons. The van der Waals surface area contributed by atoms with Crippen molar-refractivity contribution in [3.8, 4) is 0 Å². The number of benzene rings is 2. The van der Waals surface area contributed by atoms with Crippen molar-refractivity contribution in [3.63, 3.8) is 0 Å². The minimum atomic E-state index is -0.383. The number of carbonyl (C=O) groups excluding carboxylic acids is 2. The summed E-state index contributed by atoms with van der Waals surface area (Å²) in [7, 11) is 0. The maximum absolute atomic E-state index is 14.4. The van der Waals surface area contributed by atoms with Crippen LogP contribution in [0.1, 0.15) is 76.3 Å². The average molecular weight is 583 g/mol. The van der Waals surface area contributed by atoms with Crippen LogP contribution in [-0.2, 0) is 9.59 Å². The second-order valence-electron chi connectivity index (χ2n) is 11.7. The van der Waals surface area contributed by atoms with E-state index in [0.717, 1.165) is 44.2 Å². The summed E-state index contributed by atoms with van der Waals surface area (Å²) in [6.45, 7) is 10.8. The Labute approximate surface area is 242 Å². The third-order valence-corrected chi connectivity index (χ3v) is 7.05. The molecule has 39 heavy (non-hydrogen) atoms. The Morgan fingerprint density at radius 3 is 2.28 bits per heavy atom. The zero-order valence-electron chi connectivity index (χ0n) is 23.3. The van der Waals surface area contributed by atoms with Gasteiger partial charge in [-0.15, -0.1) is 0 Å². The first kappa shape index (κ1) is 33.0. The van der Waals surface area contributed by atoms with Crippen molar-refractivity contribution in [3.05, 3.63) is 63.4 Å². The average Bonchev–Trinajstić information content (AvgIpc) is 3.50. The summed E-state index contributed by atoms with van der Waals surface area (Å²) in [5.41, 5.74) is 2.66. The zero-order valence-corrected chi connectivity index (χ0v) is 24.8. The molecule has 0 aromatic heterocycles. The molecule has 4 N–H and O–H groups in total. The largest absolute Gasteiger partial charge is 0.393 e. The van der Waals surface area contributed by atoms with Gasteiger partial charge in [0, 0.05) is 42.2 Å². The highest BCUT2D eigenvalue weighted by atomic mass is 35.5. The Kier molecular flexibility index (Phi) is 13.7. The minimum Gasteiger partial charge on any atom is -0.393 e. The number of rotatable bonds is 8. The van der Waals surface area contributed by atoms with E-state index in [0.29, 0.717) is 47.1 Å². The molecule has 4 unspecified atom stereocenters. The molecular weight excluding hydrogens is 540 g/mol. The SMILES string of the molecule is CC(C)(C)C.O=CNCCC1CCC(O)C1.O=CNc1cc(Cl)ccc1C1CNCC1c1cccc(Cl)c1F. The molecule has 1 saturated carbocycles. The molecule has 2 amide bonds. The Hall–Kier alpha value is -2.19. The van der Waals surface area contributed by atoms with Crippen molar-refractivity contribution in [1.29, 1.82) is 0 Å². The van der Waals surface area contributed by atoms with Gasteiger partial charge >= 0.3 is 0 Å². The highest BCUT2D eigenvalue weighted by molar-refractivity contribution is 6.31. The smallest absolute Gasteiger partial charge is 0.211 e. The number of nitrogens with one attached hydrogen (secondary N) is 3. The third-order valence-electron chi connectivity index (χ3n) is 6.52. The van der Waals surface area contributed by atoms with Crippen LogP contribution in [0.4, 0.5) is 10.1 Å². The highest BCUT2D eigenvalue weighted by Gasteiger charge is 2.33. The summed E-state index contributed by atoms with van der Waals surface area (Å²) in [6, 6.07) is 10.4. The minimum absolute atomic E-state index is 0.0164. The summed E-state index contributed by atoms with van der Waals surface area (Å²) in [6.07, 6.45) is 5.23. The molecule has 4 rings (SSSR count). The van der Waals surface area contributed by atoms with E-state index in [1.165, 1.54) is 0 Å². The maximum atomic E-state index is 14.4. The van der Waals surface area contributed by atoms with E-state index in [-0.39, 0.29) is 28.8 Å². The van der Waals surface area contributed by atoms with Crippen molar-refractivity contribution >= 4 is 41.7 Å². The molecule has 1 saturated heterocycles. The van der Waals surface area contributed by atoms with Crippen LogP contribution < -0.4 is 16.0 Å². The van der Waals surface area contributed by atoms with Crippen molar-refractivity contribution in [1.82, 2.24) is 10.6 Å². The number of anilines is 1. The number of hydrogen-bond donors (Lipinski definition) is 4. The Bertz CT molecular complexity index is 1060. The molecule has 2 aromatic carbocycles. The van der Waals surface area contributed by atoms with Gasteiger partial charge in [0.1, 0.15) is 5.82 Å². The molecule has 9 heteroatoms. The Morgan fingerprint density at radius 1 is 1.03 bits per heavy atom. The molecule has 4 atom stereocenters. The second-order valence-corrected chi connectivity index (χ2v) is 12.5. The third kappa shape index (κ3) is 11.4. The van der Waals surface area contributed by atoms with Gasteiger partial charge in [-0.1, -0.05) is 69.1 Å². The van der Waals surface area contributed by atoms with Crippen LogP contribution in [0.3, 0.4) is 0 Å². The lowest BCUT2D eigenvalue weighted by Crippen LogP contribution is -2.15. The molecule has 216 valence electrons. The Morgan fingerprint density at radius 2 is 1.69 bits per heavy atom. The lowest BCUT2D eigenvalue weighted by molar-refractivity contribution is -0.109. The summed E-state index contributed by atoms with van der Waals surface area (Å²) in [4.78, 5) is 20.7. The molecular formula is C30H42Cl2FN3O3. The predicted octanol–water partition coefficient (Wildman–Crippen LogP) is 6.51. The number of aliphatic hydroxyl groups excluding tert-OH is 1. The topological polar surface area (TPSA) is 90.5 Å². The van der Waals surface area contributed by atoms with Gasteiger partial charge in [0.05, 0.1) is 11.1 Å². The fraction of sp³-hybridized carbons (Fsp3) is 0.533. The van der Waals surface area contributed by atoms with Gasteiger partial charge < -0.3 is 21.1 Å². The number of aliphatic hydroxyl groups is 1. The van der Waals surface area contributed by atoms with Gasteiger partial charge in [0.25, 0.3) is 0 Å². The van der Waals surface area contributed by atoms with Gasteiger partial charge in [-0.25, -0.2) is 4.39 Å². The molecule has 2 fully saturated rings. The quantitative estimate of drug-likeness (QED) is 0.211. The molecule has 2 aliphatic rings. The molecule has 1 aliphatic carbocycles. The van der Waals surface area contributed by atoms with Crippen LogP contribution in [0.5, 0.6) is 0 Å².